The number of aliphatic hydroxyl groups excluding tert-OH is 1. The molecule has 0 radical (unpaired) electrons. The Morgan fingerprint density at radius 3 is 3.00 bits per heavy atom. The van der Waals surface area contributed by atoms with Gasteiger partial charge in [0.15, 0.2) is 0 Å². The molecule has 0 saturated heterocycles. The maximum Gasteiger partial charge on any atom is 0.322 e. The summed E-state index contributed by atoms with van der Waals surface area (Å²) in [4.78, 5) is 11.2. The average Bonchev–Trinajstić information content (AvgIpc) is 2.15. The van der Waals surface area contributed by atoms with E-state index in [4.69, 9.17) is 10.8 Å². The minimum absolute atomic E-state index is 0.00896. The number of rotatable bonds is 3. The third-order valence-corrected chi connectivity index (χ3v) is 2.14. The number of carbonyl (C=O) groups is 1. The molecule has 70 valence electrons. The van der Waals surface area contributed by atoms with Crippen molar-refractivity contribution in [1.29, 1.82) is 0 Å². The molecule has 5 heteroatoms. The first-order valence-electron chi connectivity index (χ1n) is 3.64. The van der Waals surface area contributed by atoms with Crippen molar-refractivity contribution < 1.29 is 9.90 Å². The first-order valence-corrected chi connectivity index (χ1v) is 4.46. The number of urea groups is 1. The Morgan fingerprint density at radius 2 is 2.38 bits per heavy atom. The van der Waals surface area contributed by atoms with Crippen LogP contribution < -0.4 is 10.5 Å². The number of primary amides is 1. The predicted molar refractivity (Wildman–Crippen MR) is 50.9 cm³/mol. The van der Waals surface area contributed by atoms with E-state index in [0.717, 1.165) is 22.4 Å². The van der Waals surface area contributed by atoms with E-state index >= 15 is 0 Å². The molecule has 13 heavy (non-hydrogen) atoms. The van der Waals surface area contributed by atoms with E-state index in [2.05, 4.69) is 4.72 Å². The Labute approximate surface area is 80.3 Å². The fourth-order valence-corrected chi connectivity index (χ4v) is 1.39. The average molecular weight is 198 g/mol. The van der Waals surface area contributed by atoms with E-state index in [1.807, 2.05) is 6.07 Å². The normalized spacial score (nSPS) is 9.62. The zero-order valence-corrected chi connectivity index (χ0v) is 7.67. The number of hydrogen-bond acceptors (Lipinski definition) is 3. The van der Waals surface area contributed by atoms with Crippen LogP contribution in [0.15, 0.2) is 29.2 Å². The molecular formula is C8H10N2O2S. The van der Waals surface area contributed by atoms with Gasteiger partial charge in [-0.3, -0.25) is 4.72 Å². The molecule has 0 fully saturated rings. The summed E-state index contributed by atoms with van der Waals surface area (Å²) in [5, 5.41) is 8.82. The molecule has 0 aromatic heterocycles. The highest BCUT2D eigenvalue weighted by atomic mass is 32.2. The molecule has 0 atom stereocenters. The maximum atomic E-state index is 10.4. The van der Waals surface area contributed by atoms with Crippen LogP contribution >= 0.6 is 11.9 Å². The second-order valence-electron chi connectivity index (χ2n) is 2.37. The summed E-state index contributed by atoms with van der Waals surface area (Å²) in [6.45, 7) is -0.00896. The fraction of sp³-hybridized carbons (Fsp3) is 0.125. The highest BCUT2D eigenvalue weighted by molar-refractivity contribution is 7.98. The number of benzene rings is 1. The molecule has 1 aromatic carbocycles. The second-order valence-corrected chi connectivity index (χ2v) is 3.25. The van der Waals surface area contributed by atoms with Gasteiger partial charge >= 0.3 is 6.03 Å². The lowest BCUT2D eigenvalue weighted by Crippen LogP contribution is -2.22. The zero-order valence-electron chi connectivity index (χ0n) is 6.86. The molecule has 0 heterocycles. The summed E-state index contributed by atoms with van der Waals surface area (Å²) >= 11 is 1.12. The summed E-state index contributed by atoms with van der Waals surface area (Å²) in [5.74, 6) is 0. The maximum absolute atomic E-state index is 10.4. The smallest absolute Gasteiger partial charge is 0.322 e. The van der Waals surface area contributed by atoms with Crippen LogP contribution in [0.25, 0.3) is 0 Å². The second kappa shape index (κ2) is 4.74. The van der Waals surface area contributed by atoms with E-state index in [0.29, 0.717) is 0 Å². The van der Waals surface area contributed by atoms with Crippen molar-refractivity contribution in [3.05, 3.63) is 29.8 Å². The fourth-order valence-electron chi connectivity index (χ4n) is 0.817. The van der Waals surface area contributed by atoms with Gasteiger partial charge < -0.3 is 10.8 Å². The molecule has 0 aliphatic rings. The molecule has 0 bridgehead atoms. The first kappa shape index (κ1) is 9.88. The Hall–Kier alpha value is -1.20. The third kappa shape index (κ3) is 3.35. The lowest BCUT2D eigenvalue weighted by molar-refractivity contribution is 0.254. The lowest BCUT2D eigenvalue weighted by Gasteiger charge is -2.02. The van der Waals surface area contributed by atoms with Crippen molar-refractivity contribution in [1.82, 2.24) is 4.72 Å². The summed E-state index contributed by atoms with van der Waals surface area (Å²) in [7, 11) is 0. The van der Waals surface area contributed by atoms with Crippen LogP contribution in [-0.2, 0) is 6.61 Å². The van der Waals surface area contributed by atoms with Crippen LogP contribution in [-0.4, -0.2) is 11.1 Å². The summed E-state index contributed by atoms with van der Waals surface area (Å²) < 4.78 is 2.39. The van der Waals surface area contributed by atoms with Crippen LogP contribution in [0.2, 0.25) is 0 Å². The molecule has 0 spiro atoms. The van der Waals surface area contributed by atoms with Crippen molar-refractivity contribution in [3.63, 3.8) is 0 Å². The van der Waals surface area contributed by atoms with Gasteiger partial charge in [0.2, 0.25) is 0 Å². The van der Waals surface area contributed by atoms with E-state index in [9.17, 15) is 4.79 Å². The number of nitrogens with two attached hydrogens (primary N) is 1. The van der Waals surface area contributed by atoms with Gasteiger partial charge in [0.25, 0.3) is 0 Å². The minimum atomic E-state index is -0.584. The van der Waals surface area contributed by atoms with Gasteiger partial charge in [-0.2, -0.15) is 0 Å². The van der Waals surface area contributed by atoms with Crippen molar-refractivity contribution in [3.8, 4) is 0 Å². The molecule has 2 amide bonds. The van der Waals surface area contributed by atoms with Gasteiger partial charge in [0.05, 0.1) is 6.61 Å². The van der Waals surface area contributed by atoms with Crippen LogP contribution in [0.1, 0.15) is 5.56 Å². The number of aliphatic hydroxyl groups is 1. The highest BCUT2D eigenvalue weighted by Crippen LogP contribution is 2.15. The standard InChI is InChI=1S/C8H10N2O2S/c9-8(12)10-13-7-3-1-2-6(4-7)5-11/h1-4,11H,5H2,(H3,9,10,12). The number of nitrogens with one attached hydrogen (secondary N) is 1. The molecule has 4 nitrogen and oxygen atoms in total. The summed E-state index contributed by atoms with van der Waals surface area (Å²) in [5.41, 5.74) is 5.69. The topological polar surface area (TPSA) is 75.4 Å². The van der Waals surface area contributed by atoms with Crippen molar-refractivity contribution in [2.24, 2.45) is 5.73 Å². The van der Waals surface area contributed by atoms with Gasteiger partial charge in [-0.05, 0) is 29.6 Å². The number of hydrogen-bond donors (Lipinski definition) is 3. The van der Waals surface area contributed by atoms with E-state index in [-0.39, 0.29) is 6.61 Å². The van der Waals surface area contributed by atoms with Crippen molar-refractivity contribution in [2.75, 3.05) is 0 Å². The van der Waals surface area contributed by atoms with Crippen LogP contribution in [0.5, 0.6) is 0 Å². The van der Waals surface area contributed by atoms with Crippen molar-refractivity contribution in [2.45, 2.75) is 11.5 Å². The molecule has 0 saturated carbocycles. The van der Waals surface area contributed by atoms with E-state index < -0.39 is 6.03 Å². The summed E-state index contributed by atoms with van der Waals surface area (Å²) in [6.07, 6.45) is 0. The summed E-state index contributed by atoms with van der Waals surface area (Å²) in [6, 6.07) is 6.62. The molecular weight excluding hydrogens is 188 g/mol. The van der Waals surface area contributed by atoms with Crippen LogP contribution in [0, 0.1) is 0 Å². The zero-order chi connectivity index (χ0) is 9.68. The minimum Gasteiger partial charge on any atom is -0.392 e. The van der Waals surface area contributed by atoms with Gasteiger partial charge in [0.1, 0.15) is 0 Å². The Bertz CT molecular complexity index is 304. The largest absolute Gasteiger partial charge is 0.392 e. The molecule has 4 N–H and O–H groups in total. The highest BCUT2D eigenvalue weighted by Gasteiger charge is 1.97. The van der Waals surface area contributed by atoms with Crippen LogP contribution in [0.3, 0.4) is 0 Å². The molecule has 1 aromatic rings. The monoisotopic (exact) mass is 198 g/mol. The van der Waals surface area contributed by atoms with Gasteiger partial charge in [-0.1, -0.05) is 12.1 Å². The predicted octanol–water partition coefficient (Wildman–Crippen LogP) is 0.854. The van der Waals surface area contributed by atoms with E-state index in [1.165, 1.54) is 0 Å². The number of amides is 2. The van der Waals surface area contributed by atoms with Gasteiger partial charge in [-0.15, -0.1) is 0 Å². The Balaban J connectivity index is 2.61. The lowest BCUT2D eigenvalue weighted by atomic mass is 10.2. The Kier molecular flexibility index (Phi) is 3.60. The molecule has 0 unspecified atom stereocenters. The van der Waals surface area contributed by atoms with Gasteiger partial charge in [-0.25, -0.2) is 4.79 Å². The quantitative estimate of drug-likeness (QED) is 0.630. The SMILES string of the molecule is NC(=O)NSc1cccc(CO)c1. The first-order chi connectivity index (χ1) is 6.22. The molecule has 1 rings (SSSR count). The van der Waals surface area contributed by atoms with E-state index in [1.54, 1.807) is 18.2 Å². The van der Waals surface area contributed by atoms with Crippen LogP contribution in [0.4, 0.5) is 4.79 Å². The molecule has 0 aliphatic carbocycles. The Morgan fingerprint density at radius 1 is 1.62 bits per heavy atom. The van der Waals surface area contributed by atoms with Crippen molar-refractivity contribution >= 4 is 18.0 Å². The van der Waals surface area contributed by atoms with Gasteiger partial charge in [0, 0.05) is 4.90 Å². The molecule has 0 aliphatic heterocycles. The number of carbonyl (C=O) groups excluding carboxylic acids is 1. The third-order valence-electron chi connectivity index (χ3n) is 1.35.